The van der Waals surface area contributed by atoms with Gasteiger partial charge in [0.1, 0.15) is 5.69 Å². The minimum Gasteiger partial charge on any atom is -0.476 e. The van der Waals surface area contributed by atoms with Gasteiger partial charge in [-0.05, 0) is 6.07 Å². The van der Waals surface area contributed by atoms with Crippen LogP contribution in [-0.4, -0.2) is 32.6 Å². The summed E-state index contributed by atoms with van der Waals surface area (Å²) in [6, 6.07) is 2.29. The molecule has 0 aliphatic carbocycles. The Hall–Kier alpha value is -2.71. The first kappa shape index (κ1) is 13.7. The Bertz CT molecular complexity index is 635. The van der Waals surface area contributed by atoms with Gasteiger partial charge in [-0.3, -0.25) is 0 Å². The number of alkyl halides is 2. The summed E-state index contributed by atoms with van der Waals surface area (Å²) in [5, 5.41) is 8.75. The van der Waals surface area contributed by atoms with Crippen LogP contribution in [0.15, 0.2) is 24.5 Å². The molecule has 0 aromatic carbocycles. The van der Waals surface area contributed by atoms with Crippen molar-refractivity contribution in [1.82, 2.24) is 15.0 Å². The molecule has 2 aromatic heterocycles. The second-order valence-electron chi connectivity index (χ2n) is 3.46. The van der Waals surface area contributed by atoms with Gasteiger partial charge in [0.25, 0.3) is 0 Å². The van der Waals surface area contributed by atoms with Gasteiger partial charge in [-0.15, -0.1) is 0 Å². The van der Waals surface area contributed by atoms with Crippen LogP contribution in [0.25, 0.3) is 11.3 Å². The number of carboxylic acid groups (broad SMARTS) is 1. The van der Waals surface area contributed by atoms with Gasteiger partial charge < -0.3 is 9.84 Å². The zero-order valence-electron chi connectivity index (χ0n) is 9.63. The predicted molar refractivity (Wildman–Crippen MR) is 58.8 cm³/mol. The molecule has 0 amide bonds. The summed E-state index contributed by atoms with van der Waals surface area (Å²) in [6.45, 7) is -3.03. The molecule has 2 heterocycles. The SMILES string of the molecule is O=C(O)c1cnc(F)c(-c2ccc(OC(F)F)nc2)n1. The van der Waals surface area contributed by atoms with Crippen molar-refractivity contribution in [1.29, 1.82) is 0 Å². The molecule has 0 atom stereocenters. The van der Waals surface area contributed by atoms with Crippen molar-refractivity contribution < 1.29 is 27.8 Å². The number of aromatic carboxylic acids is 1. The van der Waals surface area contributed by atoms with Crippen LogP contribution in [0.2, 0.25) is 0 Å². The van der Waals surface area contributed by atoms with Crippen molar-refractivity contribution in [3.63, 3.8) is 0 Å². The highest BCUT2D eigenvalue weighted by Gasteiger charge is 2.14. The van der Waals surface area contributed by atoms with Crippen LogP contribution < -0.4 is 4.74 Å². The molecule has 0 unspecified atom stereocenters. The summed E-state index contributed by atoms with van der Waals surface area (Å²) >= 11 is 0. The number of hydrogen-bond donors (Lipinski definition) is 1. The molecular weight excluding hydrogens is 279 g/mol. The third-order valence-corrected chi connectivity index (χ3v) is 2.17. The number of ether oxygens (including phenoxy) is 1. The second kappa shape index (κ2) is 5.51. The number of carbonyl (C=O) groups is 1. The lowest BCUT2D eigenvalue weighted by atomic mass is 10.2. The fourth-order valence-electron chi connectivity index (χ4n) is 1.34. The smallest absolute Gasteiger partial charge is 0.388 e. The number of halogens is 3. The third-order valence-electron chi connectivity index (χ3n) is 2.17. The largest absolute Gasteiger partial charge is 0.476 e. The molecule has 104 valence electrons. The van der Waals surface area contributed by atoms with Gasteiger partial charge in [-0.2, -0.15) is 13.2 Å². The average Bonchev–Trinajstić information content (AvgIpc) is 2.39. The van der Waals surface area contributed by atoms with E-state index in [1.54, 1.807) is 0 Å². The summed E-state index contributed by atoms with van der Waals surface area (Å²) in [5.74, 6) is -2.73. The monoisotopic (exact) mass is 285 g/mol. The lowest BCUT2D eigenvalue weighted by molar-refractivity contribution is -0.0528. The minimum absolute atomic E-state index is 0.0831. The Kier molecular flexibility index (Phi) is 3.78. The Balaban J connectivity index is 2.36. The van der Waals surface area contributed by atoms with Crippen LogP contribution in [0, 0.1) is 5.95 Å². The fourth-order valence-corrected chi connectivity index (χ4v) is 1.34. The number of pyridine rings is 1. The first-order valence-electron chi connectivity index (χ1n) is 5.14. The van der Waals surface area contributed by atoms with Crippen molar-refractivity contribution in [2.24, 2.45) is 0 Å². The van der Waals surface area contributed by atoms with Gasteiger partial charge in [0.05, 0.1) is 6.20 Å². The molecule has 0 saturated carbocycles. The number of rotatable bonds is 4. The van der Waals surface area contributed by atoms with Crippen LogP contribution in [0.4, 0.5) is 13.2 Å². The van der Waals surface area contributed by atoms with E-state index >= 15 is 0 Å². The number of aromatic nitrogens is 3. The van der Waals surface area contributed by atoms with Gasteiger partial charge in [-0.25, -0.2) is 19.7 Å². The first-order chi connectivity index (χ1) is 9.47. The molecule has 9 heteroatoms. The second-order valence-corrected chi connectivity index (χ2v) is 3.46. The molecule has 2 aromatic rings. The van der Waals surface area contributed by atoms with E-state index in [0.717, 1.165) is 18.5 Å². The van der Waals surface area contributed by atoms with E-state index in [2.05, 4.69) is 19.7 Å². The van der Waals surface area contributed by atoms with Gasteiger partial charge in [0.15, 0.2) is 5.69 Å². The Labute approximate surface area is 109 Å². The van der Waals surface area contributed by atoms with Gasteiger partial charge in [0, 0.05) is 17.8 Å². The lowest BCUT2D eigenvalue weighted by Gasteiger charge is -2.05. The molecule has 0 radical (unpaired) electrons. The van der Waals surface area contributed by atoms with Gasteiger partial charge in [0.2, 0.25) is 11.8 Å². The van der Waals surface area contributed by atoms with E-state index in [0.29, 0.717) is 0 Å². The summed E-state index contributed by atoms with van der Waals surface area (Å²) < 4.78 is 41.4. The van der Waals surface area contributed by atoms with E-state index < -0.39 is 24.2 Å². The quantitative estimate of drug-likeness (QED) is 0.924. The molecule has 0 saturated heterocycles. The molecule has 0 spiro atoms. The molecule has 2 rings (SSSR count). The van der Waals surface area contributed by atoms with Crippen LogP contribution in [0.1, 0.15) is 10.5 Å². The maximum Gasteiger partial charge on any atom is 0.388 e. The number of carboxylic acids is 1. The van der Waals surface area contributed by atoms with Gasteiger partial charge in [-0.1, -0.05) is 0 Å². The van der Waals surface area contributed by atoms with E-state index in [1.807, 2.05) is 0 Å². The number of nitrogens with zero attached hydrogens (tertiary/aromatic N) is 3. The van der Waals surface area contributed by atoms with Crippen molar-refractivity contribution in [2.75, 3.05) is 0 Å². The Morgan fingerprint density at radius 3 is 2.55 bits per heavy atom. The first-order valence-corrected chi connectivity index (χ1v) is 5.14. The third kappa shape index (κ3) is 2.99. The van der Waals surface area contributed by atoms with E-state index in [4.69, 9.17) is 5.11 Å². The Morgan fingerprint density at radius 2 is 2.00 bits per heavy atom. The lowest BCUT2D eigenvalue weighted by Crippen LogP contribution is -2.06. The molecule has 1 N–H and O–H groups in total. The highest BCUT2D eigenvalue weighted by Crippen LogP contribution is 2.21. The summed E-state index contributed by atoms with van der Waals surface area (Å²) in [5.41, 5.74) is -0.713. The molecule has 6 nitrogen and oxygen atoms in total. The van der Waals surface area contributed by atoms with Crippen LogP contribution in [0.3, 0.4) is 0 Å². The van der Waals surface area contributed by atoms with Crippen LogP contribution >= 0.6 is 0 Å². The molecular formula is C11H6F3N3O3. The average molecular weight is 285 g/mol. The van der Waals surface area contributed by atoms with E-state index in [1.165, 1.54) is 6.07 Å². The normalized spacial score (nSPS) is 10.6. The molecule has 0 aliphatic rings. The minimum atomic E-state index is -3.03. The molecule has 0 bridgehead atoms. The summed E-state index contributed by atoms with van der Waals surface area (Å²) in [7, 11) is 0. The highest BCUT2D eigenvalue weighted by molar-refractivity contribution is 5.85. The zero-order valence-corrected chi connectivity index (χ0v) is 9.63. The topological polar surface area (TPSA) is 85.2 Å². The number of hydrogen-bond acceptors (Lipinski definition) is 5. The van der Waals surface area contributed by atoms with E-state index in [9.17, 15) is 18.0 Å². The summed E-state index contributed by atoms with van der Waals surface area (Å²) in [4.78, 5) is 21.1. The fraction of sp³-hybridized carbons (Fsp3) is 0.0909. The van der Waals surface area contributed by atoms with Crippen molar-refractivity contribution in [2.45, 2.75) is 6.61 Å². The van der Waals surface area contributed by atoms with Crippen molar-refractivity contribution >= 4 is 5.97 Å². The van der Waals surface area contributed by atoms with Crippen LogP contribution in [-0.2, 0) is 0 Å². The standard InChI is InChI=1S/C11H6F3N3O3/c12-9-8(17-6(4-16-9)10(18)19)5-1-2-7(15-3-5)20-11(13)14/h1-4,11H,(H,18,19). The van der Waals surface area contributed by atoms with E-state index in [-0.39, 0.29) is 17.1 Å². The predicted octanol–water partition coefficient (Wildman–Crippen LogP) is 1.98. The van der Waals surface area contributed by atoms with Crippen molar-refractivity contribution in [3.05, 3.63) is 36.2 Å². The maximum absolute atomic E-state index is 13.5. The highest BCUT2D eigenvalue weighted by atomic mass is 19.3. The Morgan fingerprint density at radius 1 is 1.25 bits per heavy atom. The molecule has 0 fully saturated rings. The maximum atomic E-state index is 13.5. The summed E-state index contributed by atoms with van der Waals surface area (Å²) in [6.07, 6.45) is 1.79. The van der Waals surface area contributed by atoms with Crippen molar-refractivity contribution in [3.8, 4) is 17.1 Å². The van der Waals surface area contributed by atoms with Gasteiger partial charge >= 0.3 is 12.6 Å². The van der Waals surface area contributed by atoms with Crippen LogP contribution in [0.5, 0.6) is 5.88 Å². The molecule has 20 heavy (non-hydrogen) atoms. The zero-order chi connectivity index (χ0) is 14.7. The molecule has 0 aliphatic heterocycles.